The Morgan fingerprint density at radius 1 is 0.952 bits per heavy atom. The monoisotopic (exact) mass is 285 g/mol. The molecule has 0 aliphatic heterocycles. The molecule has 2 aromatic rings. The summed E-state index contributed by atoms with van der Waals surface area (Å²) in [7, 11) is 0. The van der Waals surface area contributed by atoms with E-state index in [0.29, 0.717) is 13.2 Å². The van der Waals surface area contributed by atoms with Crippen LogP contribution in [-0.4, -0.2) is 42.9 Å². The predicted octanol–water partition coefficient (Wildman–Crippen LogP) is 3.05. The predicted molar refractivity (Wildman–Crippen MR) is 86.6 cm³/mol. The molecule has 0 atom stereocenters. The molecule has 0 saturated heterocycles. The molecule has 0 amide bonds. The van der Waals surface area contributed by atoms with Gasteiger partial charge in [-0.3, -0.25) is 4.90 Å². The van der Waals surface area contributed by atoms with Crippen LogP contribution in [0.4, 0.5) is 0 Å². The van der Waals surface area contributed by atoms with Crippen molar-refractivity contribution >= 4 is 0 Å². The summed E-state index contributed by atoms with van der Waals surface area (Å²) in [5.74, 6) is 0.886. The molecule has 1 N–H and O–H groups in total. The highest BCUT2D eigenvalue weighted by molar-refractivity contribution is 5.64. The Balaban J connectivity index is 1.93. The van der Waals surface area contributed by atoms with E-state index in [1.807, 2.05) is 30.3 Å². The first-order valence-electron chi connectivity index (χ1n) is 7.45. The molecule has 0 spiro atoms. The molecule has 0 fully saturated rings. The number of rotatable bonds is 8. The fraction of sp³-hybridized carbons (Fsp3) is 0.333. The van der Waals surface area contributed by atoms with Gasteiger partial charge >= 0.3 is 0 Å². The van der Waals surface area contributed by atoms with Crippen molar-refractivity contribution in [3.8, 4) is 16.9 Å². The van der Waals surface area contributed by atoms with Crippen LogP contribution in [0.1, 0.15) is 6.92 Å². The van der Waals surface area contributed by atoms with Crippen LogP contribution in [0.25, 0.3) is 11.1 Å². The average molecular weight is 285 g/mol. The van der Waals surface area contributed by atoms with Gasteiger partial charge in [-0.2, -0.15) is 0 Å². The number of hydrogen-bond donors (Lipinski definition) is 1. The van der Waals surface area contributed by atoms with Gasteiger partial charge in [0, 0.05) is 13.1 Å². The normalized spacial score (nSPS) is 10.8. The van der Waals surface area contributed by atoms with E-state index >= 15 is 0 Å². The molecule has 0 aromatic heterocycles. The summed E-state index contributed by atoms with van der Waals surface area (Å²) in [5.41, 5.74) is 2.36. The lowest BCUT2D eigenvalue weighted by atomic mass is 10.1. The fourth-order valence-electron chi connectivity index (χ4n) is 2.26. The molecular formula is C18H23NO2. The number of hydrogen-bond acceptors (Lipinski definition) is 3. The summed E-state index contributed by atoms with van der Waals surface area (Å²) in [5, 5.41) is 8.96. The molecule has 2 aromatic carbocycles. The van der Waals surface area contributed by atoms with Crippen molar-refractivity contribution < 1.29 is 9.84 Å². The van der Waals surface area contributed by atoms with Crippen LogP contribution in [-0.2, 0) is 0 Å². The zero-order valence-corrected chi connectivity index (χ0v) is 12.5. The Hall–Kier alpha value is -1.84. The van der Waals surface area contributed by atoms with E-state index in [9.17, 15) is 0 Å². The molecule has 0 aliphatic rings. The largest absolute Gasteiger partial charge is 0.492 e. The molecule has 2 rings (SSSR count). The van der Waals surface area contributed by atoms with Crippen LogP contribution in [0.3, 0.4) is 0 Å². The van der Waals surface area contributed by atoms with Crippen molar-refractivity contribution in [2.75, 3.05) is 32.8 Å². The van der Waals surface area contributed by atoms with Gasteiger partial charge in [0.1, 0.15) is 12.4 Å². The lowest BCUT2D eigenvalue weighted by molar-refractivity contribution is 0.174. The van der Waals surface area contributed by atoms with E-state index in [1.165, 1.54) is 5.56 Å². The van der Waals surface area contributed by atoms with E-state index in [0.717, 1.165) is 24.4 Å². The zero-order chi connectivity index (χ0) is 14.9. The van der Waals surface area contributed by atoms with Gasteiger partial charge in [-0.05, 0) is 29.8 Å². The third-order valence-electron chi connectivity index (χ3n) is 3.48. The van der Waals surface area contributed by atoms with Crippen molar-refractivity contribution in [3.63, 3.8) is 0 Å². The third-order valence-corrected chi connectivity index (χ3v) is 3.48. The number of ether oxygens (including phenoxy) is 1. The van der Waals surface area contributed by atoms with E-state index < -0.39 is 0 Å². The number of aliphatic hydroxyl groups excluding tert-OH is 1. The average Bonchev–Trinajstić information content (AvgIpc) is 2.55. The summed E-state index contributed by atoms with van der Waals surface area (Å²) in [6.07, 6.45) is 0. The SMILES string of the molecule is CCN(CCO)CCOc1cccc(-c2ccccc2)c1. The van der Waals surface area contributed by atoms with Gasteiger partial charge < -0.3 is 9.84 Å². The summed E-state index contributed by atoms with van der Waals surface area (Å²) in [4.78, 5) is 2.17. The first-order valence-corrected chi connectivity index (χ1v) is 7.45. The molecule has 3 heteroatoms. The second kappa shape index (κ2) is 8.45. The minimum Gasteiger partial charge on any atom is -0.492 e. The van der Waals surface area contributed by atoms with Gasteiger partial charge in [0.15, 0.2) is 0 Å². The van der Waals surface area contributed by atoms with Crippen molar-refractivity contribution in [1.29, 1.82) is 0 Å². The van der Waals surface area contributed by atoms with Gasteiger partial charge in [-0.25, -0.2) is 0 Å². The molecule has 0 radical (unpaired) electrons. The Kier molecular flexibility index (Phi) is 6.25. The lowest BCUT2D eigenvalue weighted by Crippen LogP contribution is -2.30. The van der Waals surface area contributed by atoms with Crippen LogP contribution >= 0.6 is 0 Å². The van der Waals surface area contributed by atoms with Crippen LogP contribution < -0.4 is 4.74 Å². The maximum absolute atomic E-state index is 8.96. The van der Waals surface area contributed by atoms with Gasteiger partial charge in [0.2, 0.25) is 0 Å². The molecule has 21 heavy (non-hydrogen) atoms. The minimum absolute atomic E-state index is 0.192. The topological polar surface area (TPSA) is 32.7 Å². The van der Waals surface area contributed by atoms with Gasteiger partial charge in [-0.1, -0.05) is 49.4 Å². The number of nitrogens with zero attached hydrogens (tertiary/aromatic N) is 1. The van der Waals surface area contributed by atoms with Crippen LogP contribution in [0.15, 0.2) is 54.6 Å². The molecular weight excluding hydrogens is 262 g/mol. The van der Waals surface area contributed by atoms with Crippen LogP contribution in [0.2, 0.25) is 0 Å². The van der Waals surface area contributed by atoms with Crippen molar-refractivity contribution in [2.24, 2.45) is 0 Å². The van der Waals surface area contributed by atoms with E-state index in [1.54, 1.807) is 0 Å². The maximum atomic E-state index is 8.96. The lowest BCUT2D eigenvalue weighted by Gasteiger charge is -2.19. The van der Waals surface area contributed by atoms with Crippen molar-refractivity contribution in [3.05, 3.63) is 54.6 Å². The Morgan fingerprint density at radius 2 is 1.71 bits per heavy atom. The molecule has 112 valence electrons. The molecule has 0 unspecified atom stereocenters. The first-order chi connectivity index (χ1) is 10.3. The summed E-state index contributed by atoms with van der Waals surface area (Å²) in [6, 6.07) is 18.4. The highest BCUT2D eigenvalue weighted by atomic mass is 16.5. The Morgan fingerprint density at radius 3 is 2.43 bits per heavy atom. The minimum atomic E-state index is 0.192. The molecule has 0 bridgehead atoms. The molecule has 0 aliphatic carbocycles. The van der Waals surface area contributed by atoms with Crippen LogP contribution in [0.5, 0.6) is 5.75 Å². The summed E-state index contributed by atoms with van der Waals surface area (Å²) < 4.78 is 5.82. The molecule has 0 saturated carbocycles. The standard InChI is InChI=1S/C18H23NO2/c1-2-19(11-13-20)12-14-21-18-10-6-9-17(15-18)16-7-4-3-5-8-16/h3-10,15,20H,2,11-14H2,1H3. The Labute approximate surface area is 126 Å². The van der Waals surface area contributed by atoms with Crippen molar-refractivity contribution in [2.45, 2.75) is 6.92 Å². The number of aliphatic hydroxyl groups is 1. The quantitative estimate of drug-likeness (QED) is 0.809. The van der Waals surface area contributed by atoms with Gasteiger partial charge in [0.05, 0.1) is 6.61 Å². The Bertz CT molecular complexity index is 528. The van der Waals surface area contributed by atoms with Crippen LogP contribution in [0, 0.1) is 0 Å². The van der Waals surface area contributed by atoms with Gasteiger partial charge in [0.25, 0.3) is 0 Å². The van der Waals surface area contributed by atoms with E-state index in [4.69, 9.17) is 9.84 Å². The molecule has 0 heterocycles. The van der Waals surface area contributed by atoms with Crippen molar-refractivity contribution in [1.82, 2.24) is 4.90 Å². The number of benzene rings is 2. The second-order valence-electron chi connectivity index (χ2n) is 4.90. The molecule has 3 nitrogen and oxygen atoms in total. The smallest absolute Gasteiger partial charge is 0.119 e. The van der Waals surface area contributed by atoms with E-state index in [-0.39, 0.29) is 6.61 Å². The van der Waals surface area contributed by atoms with Gasteiger partial charge in [-0.15, -0.1) is 0 Å². The van der Waals surface area contributed by atoms with E-state index in [2.05, 4.69) is 36.1 Å². The third kappa shape index (κ3) is 4.88. The highest BCUT2D eigenvalue weighted by Gasteiger charge is 2.03. The second-order valence-corrected chi connectivity index (χ2v) is 4.90. The first kappa shape index (κ1) is 15.5. The summed E-state index contributed by atoms with van der Waals surface area (Å²) >= 11 is 0. The fourth-order valence-corrected chi connectivity index (χ4v) is 2.26. The maximum Gasteiger partial charge on any atom is 0.119 e. The highest BCUT2D eigenvalue weighted by Crippen LogP contribution is 2.23. The summed E-state index contributed by atoms with van der Waals surface area (Å²) in [6.45, 7) is 5.36. The zero-order valence-electron chi connectivity index (χ0n) is 12.5. The number of likely N-dealkylation sites (N-methyl/N-ethyl adjacent to an activating group) is 1.